The van der Waals surface area contributed by atoms with Gasteiger partial charge in [0.2, 0.25) is 5.91 Å². The molecule has 2 rings (SSSR count). The Morgan fingerprint density at radius 1 is 1.42 bits per heavy atom. The molecule has 3 nitrogen and oxygen atoms in total. The van der Waals surface area contributed by atoms with Crippen LogP contribution in [0.1, 0.15) is 31.4 Å². The molecule has 1 unspecified atom stereocenters. The summed E-state index contributed by atoms with van der Waals surface area (Å²) in [5.74, 6) is -1.84. The summed E-state index contributed by atoms with van der Waals surface area (Å²) < 4.78 is 26.0. The van der Waals surface area contributed by atoms with Crippen molar-refractivity contribution < 1.29 is 13.6 Å². The molecule has 19 heavy (non-hydrogen) atoms. The number of carbonyl (C=O) groups is 1. The Morgan fingerprint density at radius 3 is 2.84 bits per heavy atom. The first-order chi connectivity index (χ1) is 9.08. The number of rotatable bonds is 3. The largest absolute Gasteiger partial charge is 0.349 e. The molecule has 0 saturated carbocycles. The second-order valence-corrected chi connectivity index (χ2v) is 4.95. The average molecular weight is 268 g/mol. The van der Waals surface area contributed by atoms with Gasteiger partial charge in [-0.2, -0.15) is 0 Å². The summed E-state index contributed by atoms with van der Waals surface area (Å²) in [5, 5.41) is 6.02. The van der Waals surface area contributed by atoms with Crippen LogP contribution in [0.25, 0.3) is 0 Å². The first-order valence-corrected chi connectivity index (χ1v) is 6.54. The minimum Gasteiger partial charge on any atom is -0.349 e. The number of carbonyl (C=O) groups excluding carboxylic acids is 1. The van der Waals surface area contributed by atoms with E-state index in [2.05, 4.69) is 10.6 Å². The molecule has 0 spiro atoms. The Bertz CT molecular complexity index is 459. The molecule has 1 aliphatic rings. The van der Waals surface area contributed by atoms with Crippen LogP contribution in [0.5, 0.6) is 0 Å². The van der Waals surface area contributed by atoms with E-state index in [4.69, 9.17) is 0 Å². The zero-order valence-electron chi connectivity index (χ0n) is 10.9. The molecule has 1 amide bonds. The molecule has 1 aliphatic heterocycles. The maximum Gasteiger partial charge on any atom is 0.224 e. The molecular weight excluding hydrogens is 250 g/mol. The zero-order valence-corrected chi connectivity index (χ0v) is 10.9. The highest BCUT2D eigenvalue weighted by atomic mass is 19.2. The van der Waals surface area contributed by atoms with E-state index in [0.29, 0.717) is 12.1 Å². The molecule has 104 valence electrons. The first-order valence-electron chi connectivity index (χ1n) is 6.54. The highest BCUT2D eigenvalue weighted by molar-refractivity contribution is 5.79. The van der Waals surface area contributed by atoms with Crippen LogP contribution in [0.15, 0.2) is 18.2 Å². The maximum atomic E-state index is 13.1. The van der Waals surface area contributed by atoms with Crippen molar-refractivity contribution in [3.05, 3.63) is 35.4 Å². The Hall–Kier alpha value is -1.49. The molecule has 0 aromatic heterocycles. The van der Waals surface area contributed by atoms with Crippen LogP contribution in [0.4, 0.5) is 8.78 Å². The van der Waals surface area contributed by atoms with Gasteiger partial charge in [-0.05, 0) is 44.0 Å². The Morgan fingerprint density at radius 2 is 2.21 bits per heavy atom. The predicted molar refractivity (Wildman–Crippen MR) is 68.5 cm³/mol. The molecule has 0 bridgehead atoms. The smallest absolute Gasteiger partial charge is 0.224 e. The average Bonchev–Trinajstić information content (AvgIpc) is 2.42. The zero-order chi connectivity index (χ0) is 13.8. The molecule has 1 aromatic carbocycles. The minimum absolute atomic E-state index is 0.0376. The topological polar surface area (TPSA) is 41.1 Å². The Kier molecular flexibility index (Phi) is 4.47. The molecule has 1 aromatic rings. The van der Waals surface area contributed by atoms with Crippen molar-refractivity contribution in [1.82, 2.24) is 10.6 Å². The van der Waals surface area contributed by atoms with Gasteiger partial charge in [-0.15, -0.1) is 0 Å². The van der Waals surface area contributed by atoms with E-state index in [1.54, 1.807) is 6.92 Å². The third-order valence-corrected chi connectivity index (χ3v) is 3.47. The van der Waals surface area contributed by atoms with Crippen LogP contribution in [-0.2, 0) is 4.79 Å². The monoisotopic (exact) mass is 268 g/mol. The van der Waals surface area contributed by atoms with Crippen LogP contribution in [-0.4, -0.2) is 19.0 Å². The summed E-state index contributed by atoms with van der Waals surface area (Å²) in [7, 11) is 0. The summed E-state index contributed by atoms with van der Waals surface area (Å²) in [5.41, 5.74) is 0.566. The number of hydrogen-bond acceptors (Lipinski definition) is 2. The molecule has 0 aliphatic carbocycles. The van der Waals surface area contributed by atoms with Crippen LogP contribution < -0.4 is 10.6 Å². The maximum absolute atomic E-state index is 13.1. The van der Waals surface area contributed by atoms with Crippen LogP contribution in [0.2, 0.25) is 0 Å². The lowest BCUT2D eigenvalue weighted by molar-refractivity contribution is -0.126. The minimum atomic E-state index is -0.891. The highest BCUT2D eigenvalue weighted by Crippen LogP contribution is 2.17. The molecule has 1 fully saturated rings. The van der Waals surface area contributed by atoms with Crippen LogP contribution >= 0.6 is 0 Å². The molecular formula is C14H18F2N2O. The van der Waals surface area contributed by atoms with Crippen molar-refractivity contribution in [2.45, 2.75) is 25.8 Å². The first kappa shape index (κ1) is 13.9. The number of hydrogen-bond donors (Lipinski definition) is 2. The second kappa shape index (κ2) is 6.10. The standard InChI is InChI=1S/C14H18F2N2O/c1-9(10-4-5-12(15)13(16)7-10)18-14(19)11-3-2-6-17-8-11/h4-5,7,9,11,17H,2-3,6,8H2,1H3,(H,18,19)/t9?,11-/m1/s1. The Labute approximate surface area is 111 Å². The molecule has 2 N–H and O–H groups in total. The molecule has 2 atom stereocenters. The third kappa shape index (κ3) is 3.50. The van der Waals surface area contributed by atoms with Gasteiger partial charge >= 0.3 is 0 Å². The molecule has 1 saturated heterocycles. The van der Waals surface area contributed by atoms with Gasteiger partial charge in [-0.1, -0.05) is 6.07 Å². The van der Waals surface area contributed by atoms with E-state index in [1.807, 2.05) is 0 Å². The predicted octanol–water partition coefficient (Wildman–Crippen LogP) is 2.14. The van der Waals surface area contributed by atoms with Gasteiger partial charge < -0.3 is 10.6 Å². The van der Waals surface area contributed by atoms with Gasteiger partial charge in [0, 0.05) is 6.54 Å². The summed E-state index contributed by atoms with van der Waals surface area (Å²) in [6, 6.07) is 3.36. The quantitative estimate of drug-likeness (QED) is 0.882. The summed E-state index contributed by atoms with van der Waals surface area (Å²) >= 11 is 0. The molecule has 5 heteroatoms. The van der Waals surface area contributed by atoms with E-state index >= 15 is 0 Å². The van der Waals surface area contributed by atoms with Gasteiger partial charge in [0.1, 0.15) is 0 Å². The fraction of sp³-hybridized carbons (Fsp3) is 0.500. The number of benzene rings is 1. The van der Waals surface area contributed by atoms with Crippen molar-refractivity contribution in [3.63, 3.8) is 0 Å². The number of amides is 1. The van der Waals surface area contributed by atoms with Gasteiger partial charge in [0.15, 0.2) is 11.6 Å². The summed E-state index contributed by atoms with van der Waals surface area (Å²) in [6.45, 7) is 3.39. The number of nitrogens with one attached hydrogen (secondary N) is 2. The summed E-state index contributed by atoms with van der Waals surface area (Å²) in [6.07, 6.45) is 1.85. The number of halogens is 2. The Balaban J connectivity index is 1.97. The lowest BCUT2D eigenvalue weighted by Gasteiger charge is -2.24. The van der Waals surface area contributed by atoms with E-state index in [9.17, 15) is 13.6 Å². The molecule has 1 heterocycles. The van der Waals surface area contributed by atoms with Gasteiger partial charge in [-0.3, -0.25) is 4.79 Å². The van der Waals surface area contributed by atoms with Crippen LogP contribution in [0, 0.1) is 17.6 Å². The van der Waals surface area contributed by atoms with E-state index in [0.717, 1.165) is 31.5 Å². The van der Waals surface area contributed by atoms with E-state index in [1.165, 1.54) is 6.07 Å². The normalized spacial score (nSPS) is 20.9. The van der Waals surface area contributed by atoms with E-state index in [-0.39, 0.29) is 17.9 Å². The third-order valence-electron chi connectivity index (χ3n) is 3.47. The van der Waals surface area contributed by atoms with Crippen molar-refractivity contribution in [2.24, 2.45) is 5.92 Å². The summed E-state index contributed by atoms with van der Waals surface area (Å²) in [4.78, 5) is 12.0. The van der Waals surface area contributed by atoms with Crippen molar-refractivity contribution in [1.29, 1.82) is 0 Å². The SMILES string of the molecule is CC(NC(=O)[C@@H]1CCCNC1)c1ccc(F)c(F)c1. The van der Waals surface area contributed by atoms with Gasteiger partial charge in [0.05, 0.1) is 12.0 Å². The van der Waals surface area contributed by atoms with Crippen molar-refractivity contribution in [2.75, 3.05) is 13.1 Å². The van der Waals surface area contributed by atoms with Gasteiger partial charge in [0.25, 0.3) is 0 Å². The highest BCUT2D eigenvalue weighted by Gasteiger charge is 2.22. The van der Waals surface area contributed by atoms with Crippen molar-refractivity contribution in [3.8, 4) is 0 Å². The number of piperidine rings is 1. The molecule has 0 radical (unpaired) electrons. The lowest BCUT2D eigenvalue weighted by atomic mass is 9.98. The lowest BCUT2D eigenvalue weighted by Crippen LogP contribution is -2.41. The van der Waals surface area contributed by atoms with Gasteiger partial charge in [-0.25, -0.2) is 8.78 Å². The van der Waals surface area contributed by atoms with Crippen LogP contribution in [0.3, 0.4) is 0 Å². The van der Waals surface area contributed by atoms with E-state index < -0.39 is 11.6 Å². The fourth-order valence-corrected chi connectivity index (χ4v) is 2.27. The van der Waals surface area contributed by atoms with Crippen molar-refractivity contribution >= 4 is 5.91 Å². The fourth-order valence-electron chi connectivity index (χ4n) is 2.27. The second-order valence-electron chi connectivity index (χ2n) is 4.95.